The number of nitriles is 1. The number of nitrogens with one attached hydrogen (secondary N) is 2. The fourth-order valence-electron chi connectivity index (χ4n) is 10.3. The fourth-order valence-corrected chi connectivity index (χ4v) is 10.3. The maximum absolute atomic E-state index is 13.6. The smallest absolute Gasteiger partial charge is 0.328 e. The topological polar surface area (TPSA) is 182 Å². The number of amides is 4. The summed E-state index contributed by atoms with van der Waals surface area (Å²) in [4.78, 5) is 52.9. The van der Waals surface area contributed by atoms with Gasteiger partial charge in [-0.2, -0.15) is 10.4 Å². The molecule has 0 atom stereocenters. The molecule has 0 bridgehead atoms. The molecule has 4 aliphatic rings. The Hall–Kier alpha value is -6.14. The van der Waals surface area contributed by atoms with Crippen LogP contribution in [0.25, 0.3) is 10.9 Å². The lowest BCUT2D eigenvalue weighted by molar-refractivity contribution is -0.164. The summed E-state index contributed by atoms with van der Waals surface area (Å²) in [5, 5.41) is 27.7. The zero-order chi connectivity index (χ0) is 43.5. The van der Waals surface area contributed by atoms with E-state index < -0.39 is 0 Å². The summed E-state index contributed by atoms with van der Waals surface area (Å²) in [6.07, 6.45) is 6.31. The second-order valence-electron chi connectivity index (χ2n) is 17.7. The largest absolute Gasteiger partial charge is 0.495 e. The summed E-state index contributed by atoms with van der Waals surface area (Å²) < 4.78 is 14.0. The number of hydrogen-bond donors (Lipinski definition) is 3. The van der Waals surface area contributed by atoms with Gasteiger partial charge in [-0.05, 0) is 80.1 Å². The molecule has 4 amide bonds. The molecule has 8 rings (SSSR count). The molecule has 61 heavy (non-hydrogen) atoms. The van der Waals surface area contributed by atoms with Crippen molar-refractivity contribution < 1.29 is 33.8 Å². The number of rotatable bonds is 10. The highest BCUT2D eigenvalue weighted by Crippen LogP contribution is 2.55. The highest BCUT2D eigenvalue weighted by Gasteiger charge is 2.64. The second-order valence-corrected chi connectivity index (χ2v) is 17.7. The van der Waals surface area contributed by atoms with E-state index >= 15 is 0 Å². The van der Waals surface area contributed by atoms with Crippen molar-refractivity contribution in [2.24, 2.45) is 16.7 Å². The number of fused-ring (bicyclic) bond motifs is 1. The van der Waals surface area contributed by atoms with Gasteiger partial charge in [-0.1, -0.05) is 33.8 Å². The number of likely N-dealkylation sites (tertiary alicyclic amines) is 1. The van der Waals surface area contributed by atoms with Crippen LogP contribution in [-0.4, -0.2) is 103 Å². The number of piperidine rings is 2. The molecular formula is C46H56N8O7. The van der Waals surface area contributed by atoms with Crippen LogP contribution >= 0.6 is 0 Å². The van der Waals surface area contributed by atoms with Crippen molar-refractivity contribution >= 4 is 46.6 Å². The molecule has 15 heteroatoms. The quantitative estimate of drug-likeness (QED) is 0.154. The van der Waals surface area contributed by atoms with Gasteiger partial charge in [-0.15, -0.1) is 0 Å². The Bertz CT molecular complexity index is 2270. The molecule has 15 nitrogen and oxygen atoms in total. The van der Waals surface area contributed by atoms with Crippen LogP contribution in [0, 0.1) is 28.1 Å². The van der Waals surface area contributed by atoms with Gasteiger partial charge >= 0.3 is 6.03 Å². The highest BCUT2D eigenvalue weighted by atomic mass is 16.5. The van der Waals surface area contributed by atoms with Crippen LogP contribution in [0.3, 0.4) is 0 Å². The molecule has 4 fully saturated rings. The van der Waals surface area contributed by atoms with Crippen LogP contribution in [0.5, 0.6) is 11.5 Å². The van der Waals surface area contributed by atoms with E-state index in [4.69, 9.17) is 24.5 Å². The number of carbonyl (C=O) groups excluding carboxylic acids is 3. The van der Waals surface area contributed by atoms with Crippen LogP contribution in [0.15, 0.2) is 66.9 Å². The molecule has 1 aromatic heterocycles. The molecule has 3 saturated heterocycles. The van der Waals surface area contributed by atoms with Crippen LogP contribution in [-0.2, 0) is 9.59 Å². The van der Waals surface area contributed by atoms with Gasteiger partial charge < -0.3 is 29.7 Å². The Labute approximate surface area is 356 Å². The summed E-state index contributed by atoms with van der Waals surface area (Å²) in [5.41, 5.74) is 3.40. The first-order chi connectivity index (χ1) is 29.3. The van der Waals surface area contributed by atoms with Gasteiger partial charge in [-0.25, -0.2) is 4.79 Å². The Morgan fingerprint density at radius 3 is 2.31 bits per heavy atom. The number of anilines is 2. The van der Waals surface area contributed by atoms with E-state index in [1.54, 1.807) is 30.2 Å². The van der Waals surface area contributed by atoms with Gasteiger partial charge in [0.2, 0.25) is 5.91 Å². The normalized spacial score (nSPS) is 21.6. The van der Waals surface area contributed by atoms with Crippen LogP contribution in [0.1, 0.15) is 81.8 Å². The number of carboxylic acid groups (broad SMARTS) is 1. The first kappa shape index (κ1) is 43.0. The number of methoxy groups -OCH3 is 1. The van der Waals surface area contributed by atoms with Crippen molar-refractivity contribution in [3.8, 4) is 17.6 Å². The van der Waals surface area contributed by atoms with E-state index in [0.29, 0.717) is 47.6 Å². The number of benzene rings is 3. The number of imide groups is 1. The third-order valence-electron chi connectivity index (χ3n) is 13.2. The van der Waals surface area contributed by atoms with Gasteiger partial charge in [-0.3, -0.25) is 29.3 Å². The third kappa shape index (κ3) is 8.72. The van der Waals surface area contributed by atoms with Crippen molar-refractivity contribution in [3.05, 3.63) is 78.0 Å². The van der Waals surface area contributed by atoms with Crippen molar-refractivity contribution in [1.82, 2.24) is 25.3 Å². The summed E-state index contributed by atoms with van der Waals surface area (Å²) in [5.74, 6) is 1.44. The van der Waals surface area contributed by atoms with E-state index in [9.17, 15) is 19.6 Å². The van der Waals surface area contributed by atoms with E-state index in [-0.39, 0.29) is 47.3 Å². The molecule has 0 spiro atoms. The lowest BCUT2D eigenvalue weighted by Crippen LogP contribution is -2.74. The SMILES string of the molecule is COc1cc(OC2C(C)(C)C(NC(=O)c3ccc(N4CCC(CN5CCC(n6ncc7c(N8CCC(=O)NC8=O)cccc76)CC5)CC4)cc3)C2(C)C)ccc1C#N.O=CO. The van der Waals surface area contributed by atoms with Gasteiger partial charge in [0.1, 0.15) is 23.7 Å². The molecule has 1 aliphatic carbocycles. The molecule has 1 saturated carbocycles. The number of aromatic nitrogens is 2. The van der Waals surface area contributed by atoms with Gasteiger partial charge in [0.15, 0.2) is 0 Å². The first-order valence-corrected chi connectivity index (χ1v) is 21.1. The fraction of sp³-hybridized carbons (Fsp3) is 0.478. The third-order valence-corrected chi connectivity index (χ3v) is 13.2. The minimum absolute atomic E-state index is 0.0885. The molecule has 4 aromatic rings. The molecule has 322 valence electrons. The standard InChI is InChI=1S/C45H54N8O5.CH2O2/c1-44(2)41(45(3,4)42(44)58-34-14-11-31(26-46)38(25-34)57-5)49-40(55)30-9-12-32(13-10-30)51-22-15-29(16-23-51)28-50-20-17-33(18-21-50)53-37-8-6-7-36(35(37)27-47-53)52-24-19-39(54)48-43(52)56;2-1-3/h6-14,25,27,29,33,41-42H,15-24,28H2,1-5H3,(H,49,55)(H,48,54,56);1H,(H,2,3). The molecule has 3 aliphatic heterocycles. The molecule has 4 heterocycles. The Morgan fingerprint density at radius 1 is 0.984 bits per heavy atom. The van der Waals surface area contributed by atoms with Crippen molar-refractivity contribution in [2.45, 2.75) is 78.0 Å². The van der Waals surface area contributed by atoms with Gasteiger partial charge in [0, 0.05) is 85.3 Å². The van der Waals surface area contributed by atoms with Crippen LogP contribution in [0.2, 0.25) is 0 Å². The molecule has 0 radical (unpaired) electrons. The number of urea groups is 1. The zero-order valence-corrected chi connectivity index (χ0v) is 35.6. The van der Waals surface area contributed by atoms with E-state index in [1.165, 1.54) is 0 Å². The first-order valence-electron chi connectivity index (χ1n) is 21.1. The molecule has 0 unspecified atom stereocenters. The number of nitrogens with zero attached hydrogens (tertiary/aromatic N) is 6. The van der Waals surface area contributed by atoms with Crippen molar-refractivity contribution in [3.63, 3.8) is 0 Å². The summed E-state index contributed by atoms with van der Waals surface area (Å²) in [6.45, 7) is 13.7. The molecular weight excluding hydrogens is 777 g/mol. The average molecular weight is 833 g/mol. The highest BCUT2D eigenvalue weighted by molar-refractivity contribution is 6.09. The zero-order valence-electron chi connectivity index (χ0n) is 35.6. The second kappa shape index (κ2) is 17.8. The monoisotopic (exact) mass is 832 g/mol. The lowest BCUT2D eigenvalue weighted by atomic mass is 9.49. The average Bonchev–Trinajstić information content (AvgIpc) is 3.70. The predicted molar refractivity (Wildman–Crippen MR) is 231 cm³/mol. The van der Waals surface area contributed by atoms with E-state index in [2.05, 4.69) is 77.1 Å². The maximum Gasteiger partial charge on any atom is 0.328 e. The molecule has 3 aromatic carbocycles. The maximum atomic E-state index is 13.6. The Morgan fingerprint density at radius 2 is 1.67 bits per heavy atom. The summed E-state index contributed by atoms with van der Waals surface area (Å²) >= 11 is 0. The van der Waals surface area contributed by atoms with Gasteiger partial charge in [0.25, 0.3) is 12.4 Å². The van der Waals surface area contributed by atoms with Crippen LogP contribution in [0.4, 0.5) is 16.2 Å². The minimum atomic E-state index is -0.377. The van der Waals surface area contributed by atoms with Crippen molar-refractivity contribution in [2.75, 3.05) is 56.2 Å². The predicted octanol–water partition coefficient (Wildman–Crippen LogP) is 6.23. The molecule has 3 N–H and O–H groups in total. The van der Waals surface area contributed by atoms with Gasteiger partial charge in [0.05, 0.1) is 36.1 Å². The van der Waals surface area contributed by atoms with E-state index in [0.717, 1.165) is 80.7 Å². The van der Waals surface area contributed by atoms with E-state index in [1.807, 2.05) is 30.5 Å². The number of ether oxygens (including phenoxy) is 2. The summed E-state index contributed by atoms with van der Waals surface area (Å²) in [6, 6.07) is 21.2. The number of carbonyl (C=O) groups is 4. The number of hydrogen-bond acceptors (Lipinski definition) is 10. The summed E-state index contributed by atoms with van der Waals surface area (Å²) in [7, 11) is 1.54. The van der Waals surface area contributed by atoms with Crippen molar-refractivity contribution in [1.29, 1.82) is 5.26 Å². The lowest BCUT2D eigenvalue weighted by Gasteiger charge is -2.63. The minimum Gasteiger partial charge on any atom is -0.495 e. The Kier molecular flexibility index (Phi) is 12.6. The Balaban J connectivity index is 0.00000182. The van der Waals surface area contributed by atoms with Crippen LogP contribution < -0.4 is 29.9 Å².